The van der Waals surface area contributed by atoms with Gasteiger partial charge in [0.05, 0.1) is 5.02 Å². The first-order valence-electron chi connectivity index (χ1n) is 5.64. The van der Waals surface area contributed by atoms with Crippen molar-refractivity contribution >= 4 is 40.1 Å². The minimum absolute atomic E-state index is 0.0193. The van der Waals surface area contributed by atoms with Gasteiger partial charge in [-0.05, 0) is 46.9 Å². The Kier molecular flexibility index (Phi) is 4.93. The fourth-order valence-electron chi connectivity index (χ4n) is 1.58. The zero-order chi connectivity index (χ0) is 14.7. The number of benzene rings is 2. The molecule has 104 valence electrons. The average molecular weight is 408 g/mol. The van der Waals surface area contributed by atoms with Crippen molar-refractivity contribution in [3.63, 3.8) is 0 Å². The predicted molar refractivity (Wildman–Crippen MR) is 81.7 cm³/mol. The first-order chi connectivity index (χ1) is 9.47. The van der Waals surface area contributed by atoms with Gasteiger partial charge in [0.1, 0.15) is 11.6 Å². The lowest BCUT2D eigenvalue weighted by Crippen LogP contribution is -2.23. The fourth-order valence-corrected chi connectivity index (χ4v) is 2.10. The molecule has 0 aliphatic rings. The molecule has 2 nitrogen and oxygen atoms in total. The summed E-state index contributed by atoms with van der Waals surface area (Å²) in [5.74, 6) is -1.71. The molecular formula is C14H9ClF2INO. The SMILES string of the molecule is O=C(NCc1ccc(F)cc1F)c1ccc(I)c(Cl)c1. The summed E-state index contributed by atoms with van der Waals surface area (Å²) < 4.78 is 27.0. The van der Waals surface area contributed by atoms with E-state index in [-0.39, 0.29) is 18.0 Å². The van der Waals surface area contributed by atoms with Crippen LogP contribution in [0.1, 0.15) is 15.9 Å². The Morgan fingerprint density at radius 3 is 2.60 bits per heavy atom. The second-order valence-corrected chi connectivity index (χ2v) is 5.62. The van der Waals surface area contributed by atoms with E-state index >= 15 is 0 Å². The van der Waals surface area contributed by atoms with Crippen LogP contribution >= 0.6 is 34.2 Å². The Labute approximate surface area is 133 Å². The summed E-state index contributed by atoms with van der Waals surface area (Å²) >= 11 is 7.98. The van der Waals surface area contributed by atoms with E-state index in [1.165, 1.54) is 6.07 Å². The fraction of sp³-hybridized carbons (Fsp3) is 0.0714. The molecule has 0 fully saturated rings. The standard InChI is InChI=1S/C14H9ClF2INO/c15-11-5-8(2-4-13(11)18)14(20)19-7-9-1-3-10(16)6-12(9)17/h1-6H,7H2,(H,19,20). The molecule has 0 unspecified atom stereocenters. The number of amides is 1. The van der Waals surface area contributed by atoms with Crippen molar-refractivity contribution in [1.29, 1.82) is 0 Å². The zero-order valence-corrected chi connectivity index (χ0v) is 13.0. The Balaban J connectivity index is 2.06. The van der Waals surface area contributed by atoms with E-state index in [1.54, 1.807) is 18.2 Å². The number of hydrogen-bond donors (Lipinski definition) is 1. The molecule has 0 aromatic heterocycles. The van der Waals surface area contributed by atoms with Crippen molar-refractivity contribution in [3.05, 3.63) is 67.8 Å². The van der Waals surface area contributed by atoms with Gasteiger partial charge in [-0.2, -0.15) is 0 Å². The quantitative estimate of drug-likeness (QED) is 0.761. The smallest absolute Gasteiger partial charge is 0.251 e. The summed E-state index contributed by atoms with van der Waals surface area (Å²) in [5.41, 5.74) is 0.606. The summed E-state index contributed by atoms with van der Waals surface area (Å²) in [6.45, 7) is -0.0193. The molecule has 0 heterocycles. The minimum atomic E-state index is -0.689. The van der Waals surface area contributed by atoms with E-state index in [0.29, 0.717) is 10.6 Å². The van der Waals surface area contributed by atoms with Gasteiger partial charge in [-0.15, -0.1) is 0 Å². The number of halogens is 4. The van der Waals surface area contributed by atoms with Crippen LogP contribution in [0.15, 0.2) is 36.4 Å². The molecule has 1 N–H and O–H groups in total. The highest BCUT2D eigenvalue weighted by atomic mass is 127. The van der Waals surface area contributed by atoms with Crippen LogP contribution in [0.4, 0.5) is 8.78 Å². The molecule has 2 aromatic carbocycles. The van der Waals surface area contributed by atoms with Gasteiger partial charge in [-0.1, -0.05) is 17.7 Å². The Hall–Kier alpha value is -1.21. The van der Waals surface area contributed by atoms with Gasteiger partial charge in [-0.25, -0.2) is 8.78 Å². The highest BCUT2D eigenvalue weighted by molar-refractivity contribution is 14.1. The van der Waals surface area contributed by atoms with E-state index in [4.69, 9.17) is 11.6 Å². The molecule has 0 bridgehead atoms. The Morgan fingerprint density at radius 1 is 1.20 bits per heavy atom. The molecular weight excluding hydrogens is 399 g/mol. The molecule has 1 amide bonds. The van der Waals surface area contributed by atoms with Crippen LogP contribution in [0, 0.1) is 15.2 Å². The number of nitrogens with one attached hydrogen (secondary N) is 1. The van der Waals surface area contributed by atoms with Crippen LogP contribution < -0.4 is 5.32 Å². The van der Waals surface area contributed by atoms with E-state index in [2.05, 4.69) is 27.9 Å². The maximum absolute atomic E-state index is 13.4. The second kappa shape index (κ2) is 6.49. The molecule has 0 radical (unpaired) electrons. The molecule has 2 aromatic rings. The Morgan fingerprint density at radius 2 is 1.95 bits per heavy atom. The molecule has 0 aliphatic carbocycles. The van der Waals surface area contributed by atoms with Crippen molar-refractivity contribution in [1.82, 2.24) is 5.32 Å². The van der Waals surface area contributed by atoms with E-state index in [1.807, 2.05) is 0 Å². The molecule has 0 saturated carbocycles. The minimum Gasteiger partial charge on any atom is -0.348 e. The predicted octanol–water partition coefficient (Wildman–Crippen LogP) is 4.15. The van der Waals surface area contributed by atoms with E-state index in [0.717, 1.165) is 15.7 Å². The van der Waals surface area contributed by atoms with Gasteiger partial charge in [-0.3, -0.25) is 4.79 Å². The van der Waals surface area contributed by atoms with Crippen molar-refractivity contribution in [2.45, 2.75) is 6.54 Å². The third-order valence-electron chi connectivity index (χ3n) is 2.64. The summed E-state index contributed by atoms with van der Waals surface area (Å²) in [6, 6.07) is 8.11. The number of carbonyl (C=O) groups excluding carboxylic acids is 1. The molecule has 6 heteroatoms. The lowest BCUT2D eigenvalue weighted by molar-refractivity contribution is 0.0950. The van der Waals surface area contributed by atoms with Crippen LogP contribution in [0.3, 0.4) is 0 Å². The summed E-state index contributed by atoms with van der Waals surface area (Å²) in [4.78, 5) is 11.9. The van der Waals surface area contributed by atoms with Crippen LogP contribution in [-0.2, 0) is 6.54 Å². The third kappa shape index (κ3) is 3.67. The first kappa shape index (κ1) is 15.2. The van der Waals surface area contributed by atoms with Crippen LogP contribution in [0.5, 0.6) is 0 Å². The first-order valence-corrected chi connectivity index (χ1v) is 7.10. The maximum Gasteiger partial charge on any atom is 0.251 e. The summed E-state index contributed by atoms with van der Waals surface area (Å²) in [6.07, 6.45) is 0. The highest BCUT2D eigenvalue weighted by Gasteiger charge is 2.09. The molecule has 2 rings (SSSR count). The van der Waals surface area contributed by atoms with Gasteiger partial charge < -0.3 is 5.32 Å². The van der Waals surface area contributed by atoms with Crippen LogP contribution in [0.25, 0.3) is 0 Å². The van der Waals surface area contributed by atoms with Gasteiger partial charge >= 0.3 is 0 Å². The molecule has 0 saturated heterocycles. The molecule has 20 heavy (non-hydrogen) atoms. The largest absolute Gasteiger partial charge is 0.348 e. The average Bonchev–Trinajstić information content (AvgIpc) is 2.40. The van der Waals surface area contributed by atoms with Crippen molar-refractivity contribution < 1.29 is 13.6 Å². The Bertz CT molecular complexity index is 664. The second-order valence-electron chi connectivity index (χ2n) is 4.05. The van der Waals surface area contributed by atoms with Crippen LogP contribution in [0.2, 0.25) is 5.02 Å². The number of rotatable bonds is 3. The van der Waals surface area contributed by atoms with Gasteiger partial charge in [0.25, 0.3) is 5.91 Å². The maximum atomic E-state index is 13.4. The highest BCUT2D eigenvalue weighted by Crippen LogP contribution is 2.19. The van der Waals surface area contributed by atoms with E-state index < -0.39 is 11.6 Å². The van der Waals surface area contributed by atoms with Crippen LogP contribution in [-0.4, -0.2) is 5.91 Å². The number of carbonyl (C=O) groups is 1. The zero-order valence-electron chi connectivity index (χ0n) is 10.1. The number of hydrogen-bond acceptors (Lipinski definition) is 1. The third-order valence-corrected chi connectivity index (χ3v) is 4.21. The van der Waals surface area contributed by atoms with Gasteiger partial charge in [0, 0.05) is 27.3 Å². The van der Waals surface area contributed by atoms with Gasteiger partial charge in [0.2, 0.25) is 0 Å². The monoisotopic (exact) mass is 407 g/mol. The summed E-state index contributed by atoms with van der Waals surface area (Å²) in [7, 11) is 0. The normalized spacial score (nSPS) is 10.4. The van der Waals surface area contributed by atoms with Crippen molar-refractivity contribution in [2.75, 3.05) is 0 Å². The summed E-state index contributed by atoms with van der Waals surface area (Å²) in [5, 5.41) is 3.04. The topological polar surface area (TPSA) is 29.1 Å². The van der Waals surface area contributed by atoms with Crippen molar-refractivity contribution in [2.24, 2.45) is 0 Å². The molecule has 0 aliphatic heterocycles. The van der Waals surface area contributed by atoms with Crippen molar-refractivity contribution in [3.8, 4) is 0 Å². The van der Waals surface area contributed by atoms with Gasteiger partial charge in [0.15, 0.2) is 0 Å². The lowest BCUT2D eigenvalue weighted by Gasteiger charge is -2.07. The van der Waals surface area contributed by atoms with E-state index in [9.17, 15) is 13.6 Å². The lowest BCUT2D eigenvalue weighted by atomic mass is 10.2. The molecule has 0 atom stereocenters. The molecule has 0 spiro atoms.